The average molecular weight is 302 g/mol. The van der Waals surface area contributed by atoms with Gasteiger partial charge in [-0.25, -0.2) is 0 Å². The molecule has 0 aliphatic heterocycles. The van der Waals surface area contributed by atoms with E-state index in [1.807, 2.05) is 0 Å². The highest BCUT2D eigenvalue weighted by molar-refractivity contribution is 5.66. The molecule has 1 N–H and O–H groups in total. The summed E-state index contributed by atoms with van der Waals surface area (Å²) in [5.41, 5.74) is 0. The van der Waals surface area contributed by atoms with Crippen molar-refractivity contribution in [2.75, 3.05) is 0 Å². The highest BCUT2D eigenvalue weighted by Gasteiger charge is 1.92. The Labute approximate surface area is 135 Å². The first-order chi connectivity index (χ1) is 10.8. The Morgan fingerprint density at radius 1 is 0.727 bits per heavy atom. The van der Waals surface area contributed by atoms with Crippen molar-refractivity contribution >= 4 is 5.97 Å². The average Bonchev–Trinajstić information content (AvgIpc) is 2.50. The second-order valence-electron chi connectivity index (χ2n) is 4.99. The van der Waals surface area contributed by atoms with Crippen LogP contribution >= 0.6 is 0 Å². The van der Waals surface area contributed by atoms with Gasteiger partial charge in [0.1, 0.15) is 0 Å². The van der Waals surface area contributed by atoms with Crippen molar-refractivity contribution in [1.82, 2.24) is 0 Å². The molecule has 0 saturated heterocycles. The van der Waals surface area contributed by atoms with Gasteiger partial charge in [0.05, 0.1) is 0 Å². The summed E-state index contributed by atoms with van der Waals surface area (Å²) in [4.78, 5) is 10.3. The number of unbranched alkanes of at least 4 members (excludes halogenated alkanes) is 1. The summed E-state index contributed by atoms with van der Waals surface area (Å²) >= 11 is 0. The summed E-state index contributed by atoms with van der Waals surface area (Å²) in [7, 11) is 0. The molecule has 0 aromatic rings. The Morgan fingerprint density at radius 3 is 1.55 bits per heavy atom. The van der Waals surface area contributed by atoms with Crippen molar-refractivity contribution in [2.45, 2.75) is 58.3 Å². The first-order valence-corrected chi connectivity index (χ1v) is 8.24. The Hall–Kier alpha value is -1.83. The summed E-state index contributed by atoms with van der Waals surface area (Å²) in [6.45, 7) is 2.14. The van der Waals surface area contributed by atoms with Crippen LogP contribution in [0.5, 0.6) is 0 Å². The van der Waals surface area contributed by atoms with E-state index in [1.54, 1.807) is 0 Å². The molecule has 2 heteroatoms. The van der Waals surface area contributed by atoms with Crippen LogP contribution in [0.25, 0.3) is 0 Å². The number of aliphatic carboxylic acids is 1. The highest BCUT2D eigenvalue weighted by Crippen LogP contribution is 1.99. The number of allylic oxidation sites excluding steroid dienone is 10. The zero-order valence-corrected chi connectivity index (χ0v) is 13.8. The number of carboxylic acids is 1. The quantitative estimate of drug-likeness (QED) is 0.335. The molecule has 0 saturated carbocycles. The van der Waals surface area contributed by atoms with Gasteiger partial charge in [-0.15, -0.1) is 0 Å². The van der Waals surface area contributed by atoms with E-state index in [4.69, 9.17) is 5.11 Å². The van der Waals surface area contributed by atoms with Gasteiger partial charge < -0.3 is 5.11 Å². The van der Waals surface area contributed by atoms with Crippen molar-refractivity contribution in [1.29, 1.82) is 0 Å². The fourth-order valence-electron chi connectivity index (χ4n) is 1.74. The lowest BCUT2D eigenvalue weighted by Crippen LogP contribution is -1.92. The van der Waals surface area contributed by atoms with Crippen LogP contribution in [-0.2, 0) is 4.79 Å². The van der Waals surface area contributed by atoms with Gasteiger partial charge >= 0.3 is 5.97 Å². The third-order valence-electron chi connectivity index (χ3n) is 2.92. The SMILES string of the molecule is CC/C=C/C/C=C/C/C=C/C/C=C\C/C=C/CCCC(=O)O. The summed E-state index contributed by atoms with van der Waals surface area (Å²) in [5, 5.41) is 8.49. The highest BCUT2D eigenvalue weighted by atomic mass is 16.4. The molecule has 22 heavy (non-hydrogen) atoms. The number of hydrogen-bond acceptors (Lipinski definition) is 1. The number of hydrogen-bond donors (Lipinski definition) is 1. The van der Waals surface area contributed by atoms with Gasteiger partial charge in [-0.3, -0.25) is 4.79 Å². The number of rotatable bonds is 13. The van der Waals surface area contributed by atoms with Crippen molar-refractivity contribution in [3.8, 4) is 0 Å². The van der Waals surface area contributed by atoms with Crippen LogP contribution < -0.4 is 0 Å². The van der Waals surface area contributed by atoms with Gasteiger partial charge in [-0.2, -0.15) is 0 Å². The second kappa shape index (κ2) is 17.2. The van der Waals surface area contributed by atoms with Crippen LogP contribution in [0.4, 0.5) is 0 Å². The first-order valence-electron chi connectivity index (χ1n) is 8.24. The molecule has 0 spiro atoms. The van der Waals surface area contributed by atoms with Gasteiger partial charge in [0.25, 0.3) is 0 Å². The van der Waals surface area contributed by atoms with Crippen LogP contribution in [0.1, 0.15) is 58.3 Å². The van der Waals surface area contributed by atoms with E-state index in [2.05, 4.69) is 67.7 Å². The minimum absolute atomic E-state index is 0.258. The molecular formula is C20H30O2. The van der Waals surface area contributed by atoms with E-state index in [0.717, 1.165) is 44.9 Å². The molecule has 0 aliphatic rings. The van der Waals surface area contributed by atoms with E-state index in [-0.39, 0.29) is 6.42 Å². The molecule has 0 heterocycles. The van der Waals surface area contributed by atoms with Crippen molar-refractivity contribution in [2.24, 2.45) is 0 Å². The maximum Gasteiger partial charge on any atom is 0.303 e. The molecule has 0 aliphatic carbocycles. The standard InChI is InChI=1S/C20H30O2/c1-2-3-4-5-6-7-8-9-10-11-12-13-14-15-16-17-18-19-20(21)22/h3-4,6-7,9-10,12-13,15-16H,2,5,8,11,14,17-19H2,1H3,(H,21,22)/b4-3+,7-6+,10-9+,13-12-,16-15+. The van der Waals surface area contributed by atoms with Crippen LogP contribution in [0, 0.1) is 0 Å². The summed E-state index contributed by atoms with van der Waals surface area (Å²) in [6.07, 6.45) is 28.4. The van der Waals surface area contributed by atoms with Crippen molar-refractivity contribution in [3.05, 3.63) is 60.8 Å². The lowest BCUT2D eigenvalue weighted by molar-refractivity contribution is -0.137. The van der Waals surface area contributed by atoms with Crippen LogP contribution in [-0.4, -0.2) is 11.1 Å². The fraction of sp³-hybridized carbons (Fsp3) is 0.450. The summed E-state index contributed by atoms with van der Waals surface area (Å²) < 4.78 is 0. The van der Waals surface area contributed by atoms with Crippen molar-refractivity contribution in [3.63, 3.8) is 0 Å². The summed E-state index contributed by atoms with van der Waals surface area (Å²) in [5.74, 6) is -0.715. The monoisotopic (exact) mass is 302 g/mol. The van der Waals surface area contributed by atoms with Crippen LogP contribution in [0.3, 0.4) is 0 Å². The predicted octanol–water partition coefficient (Wildman–Crippen LogP) is 5.99. The van der Waals surface area contributed by atoms with E-state index in [9.17, 15) is 4.79 Å². The Bertz CT molecular complexity index is 398. The Morgan fingerprint density at radius 2 is 1.14 bits per heavy atom. The van der Waals surface area contributed by atoms with E-state index < -0.39 is 5.97 Å². The number of carbonyl (C=O) groups is 1. The van der Waals surface area contributed by atoms with E-state index in [1.165, 1.54) is 0 Å². The fourth-order valence-corrected chi connectivity index (χ4v) is 1.74. The Balaban J connectivity index is 3.46. The molecule has 0 rings (SSSR count). The lowest BCUT2D eigenvalue weighted by atomic mass is 10.2. The third kappa shape index (κ3) is 18.2. The molecule has 0 aromatic carbocycles. The molecule has 0 fully saturated rings. The smallest absolute Gasteiger partial charge is 0.303 e. The topological polar surface area (TPSA) is 37.3 Å². The maximum absolute atomic E-state index is 10.3. The summed E-state index contributed by atoms with van der Waals surface area (Å²) in [6, 6.07) is 0. The molecule has 0 atom stereocenters. The molecule has 0 amide bonds. The molecule has 0 aromatic heterocycles. The Kier molecular flexibility index (Phi) is 15.8. The van der Waals surface area contributed by atoms with Gasteiger partial charge in [-0.05, 0) is 44.9 Å². The van der Waals surface area contributed by atoms with Crippen LogP contribution in [0.2, 0.25) is 0 Å². The first kappa shape index (κ1) is 20.2. The minimum Gasteiger partial charge on any atom is -0.481 e. The molecule has 0 radical (unpaired) electrons. The van der Waals surface area contributed by atoms with Gasteiger partial charge in [-0.1, -0.05) is 67.7 Å². The second-order valence-corrected chi connectivity index (χ2v) is 4.99. The zero-order chi connectivity index (χ0) is 16.3. The molecule has 2 nitrogen and oxygen atoms in total. The molecule has 0 bridgehead atoms. The van der Waals surface area contributed by atoms with Gasteiger partial charge in [0.2, 0.25) is 0 Å². The maximum atomic E-state index is 10.3. The largest absolute Gasteiger partial charge is 0.481 e. The van der Waals surface area contributed by atoms with E-state index in [0.29, 0.717) is 0 Å². The molecular weight excluding hydrogens is 272 g/mol. The van der Waals surface area contributed by atoms with Gasteiger partial charge in [0.15, 0.2) is 0 Å². The van der Waals surface area contributed by atoms with Gasteiger partial charge in [0, 0.05) is 6.42 Å². The molecule has 122 valence electrons. The minimum atomic E-state index is -0.715. The lowest BCUT2D eigenvalue weighted by Gasteiger charge is -1.89. The third-order valence-corrected chi connectivity index (χ3v) is 2.92. The van der Waals surface area contributed by atoms with Crippen molar-refractivity contribution < 1.29 is 9.90 Å². The number of carboxylic acid groups (broad SMARTS) is 1. The van der Waals surface area contributed by atoms with Crippen LogP contribution in [0.15, 0.2) is 60.8 Å². The van der Waals surface area contributed by atoms with E-state index >= 15 is 0 Å². The molecule has 0 unspecified atom stereocenters. The normalized spacial score (nSPS) is 12.8. The predicted molar refractivity (Wildman–Crippen MR) is 95.9 cm³/mol. The zero-order valence-electron chi connectivity index (χ0n) is 13.8.